The van der Waals surface area contributed by atoms with Gasteiger partial charge in [-0.2, -0.15) is 0 Å². The third kappa shape index (κ3) is 3.57. The number of aliphatic carboxylic acids is 1. The highest BCUT2D eigenvalue weighted by atomic mass is 16.5. The first-order valence-electron chi connectivity index (χ1n) is 6.69. The van der Waals surface area contributed by atoms with E-state index in [4.69, 9.17) is 9.84 Å². The normalized spacial score (nSPS) is 22.2. The SMILES string of the molecule is CC1(C(=O)Nc2ccc(CC(=O)O)cc2)CCCOC1. The number of hydrogen-bond donors (Lipinski definition) is 2. The van der Waals surface area contributed by atoms with Crippen LogP contribution in [0.25, 0.3) is 0 Å². The number of carbonyl (C=O) groups is 2. The zero-order chi connectivity index (χ0) is 14.6. The Kier molecular flexibility index (Phi) is 4.39. The molecule has 2 N–H and O–H groups in total. The Labute approximate surface area is 117 Å². The number of carboxylic acid groups (broad SMARTS) is 1. The lowest BCUT2D eigenvalue weighted by Crippen LogP contribution is -2.40. The fraction of sp³-hybridized carbons (Fsp3) is 0.467. The molecule has 0 radical (unpaired) electrons. The van der Waals surface area contributed by atoms with Crippen molar-refractivity contribution < 1.29 is 19.4 Å². The van der Waals surface area contributed by atoms with Crippen LogP contribution in [-0.2, 0) is 20.7 Å². The number of ether oxygens (including phenoxy) is 1. The molecule has 0 spiro atoms. The van der Waals surface area contributed by atoms with Crippen LogP contribution in [0.2, 0.25) is 0 Å². The summed E-state index contributed by atoms with van der Waals surface area (Å²) < 4.78 is 5.38. The predicted octanol–water partition coefficient (Wildman–Crippen LogP) is 2.07. The summed E-state index contributed by atoms with van der Waals surface area (Å²) in [5.74, 6) is -0.920. The van der Waals surface area contributed by atoms with Gasteiger partial charge in [0.2, 0.25) is 5.91 Å². The molecule has 1 aliphatic rings. The maximum absolute atomic E-state index is 12.3. The van der Waals surface area contributed by atoms with Gasteiger partial charge in [0, 0.05) is 12.3 Å². The standard InChI is InChI=1S/C15H19NO4/c1-15(7-2-8-20-10-15)14(19)16-12-5-3-11(4-6-12)9-13(17)18/h3-6H,2,7-10H2,1H3,(H,16,19)(H,17,18). The molecular weight excluding hydrogens is 258 g/mol. The molecule has 1 saturated heterocycles. The van der Waals surface area contributed by atoms with Crippen molar-refractivity contribution in [3.63, 3.8) is 0 Å². The summed E-state index contributed by atoms with van der Waals surface area (Å²) >= 11 is 0. The quantitative estimate of drug-likeness (QED) is 0.883. The van der Waals surface area contributed by atoms with Gasteiger partial charge in [-0.25, -0.2) is 0 Å². The van der Waals surface area contributed by atoms with Crippen molar-refractivity contribution >= 4 is 17.6 Å². The van der Waals surface area contributed by atoms with Gasteiger partial charge in [-0.15, -0.1) is 0 Å². The summed E-state index contributed by atoms with van der Waals surface area (Å²) in [6, 6.07) is 6.87. The summed E-state index contributed by atoms with van der Waals surface area (Å²) in [5, 5.41) is 11.6. The maximum Gasteiger partial charge on any atom is 0.307 e. The van der Waals surface area contributed by atoms with E-state index in [9.17, 15) is 9.59 Å². The molecule has 1 fully saturated rings. The minimum absolute atomic E-state index is 0.0141. The monoisotopic (exact) mass is 277 g/mol. The molecule has 0 aromatic heterocycles. The molecule has 2 rings (SSSR count). The Hall–Kier alpha value is -1.88. The molecule has 108 valence electrons. The lowest BCUT2D eigenvalue weighted by atomic mass is 9.84. The van der Waals surface area contributed by atoms with E-state index in [0.717, 1.165) is 12.8 Å². The second-order valence-corrected chi connectivity index (χ2v) is 5.44. The second kappa shape index (κ2) is 6.05. The van der Waals surface area contributed by atoms with E-state index < -0.39 is 11.4 Å². The molecule has 5 heteroatoms. The first-order chi connectivity index (χ1) is 9.49. The highest BCUT2D eigenvalue weighted by Gasteiger charge is 2.35. The van der Waals surface area contributed by atoms with Gasteiger partial charge >= 0.3 is 5.97 Å². The van der Waals surface area contributed by atoms with Crippen LogP contribution in [0.1, 0.15) is 25.3 Å². The second-order valence-electron chi connectivity index (χ2n) is 5.44. The van der Waals surface area contributed by atoms with Crippen LogP contribution in [0.5, 0.6) is 0 Å². The highest BCUT2D eigenvalue weighted by Crippen LogP contribution is 2.29. The molecule has 1 aromatic carbocycles. The number of anilines is 1. The van der Waals surface area contributed by atoms with Crippen molar-refractivity contribution in [3.8, 4) is 0 Å². The van der Waals surface area contributed by atoms with Gasteiger partial charge in [0.05, 0.1) is 18.4 Å². The first-order valence-corrected chi connectivity index (χ1v) is 6.69. The van der Waals surface area contributed by atoms with Crippen molar-refractivity contribution in [2.24, 2.45) is 5.41 Å². The fourth-order valence-corrected chi connectivity index (χ4v) is 2.28. The topological polar surface area (TPSA) is 75.6 Å². The van der Waals surface area contributed by atoms with Crippen LogP contribution < -0.4 is 5.32 Å². The Morgan fingerprint density at radius 2 is 2.05 bits per heavy atom. The number of carboxylic acids is 1. The van der Waals surface area contributed by atoms with Crippen LogP contribution in [-0.4, -0.2) is 30.2 Å². The fourth-order valence-electron chi connectivity index (χ4n) is 2.28. The van der Waals surface area contributed by atoms with Crippen molar-refractivity contribution in [3.05, 3.63) is 29.8 Å². The summed E-state index contributed by atoms with van der Waals surface area (Å²) in [5.41, 5.74) is 0.900. The van der Waals surface area contributed by atoms with Crippen molar-refractivity contribution in [1.29, 1.82) is 0 Å². The third-order valence-corrected chi connectivity index (χ3v) is 3.55. The zero-order valence-electron chi connectivity index (χ0n) is 11.5. The summed E-state index contributed by atoms with van der Waals surface area (Å²) in [4.78, 5) is 22.9. The molecule has 5 nitrogen and oxygen atoms in total. The van der Waals surface area contributed by atoms with E-state index in [2.05, 4.69) is 5.32 Å². The van der Waals surface area contributed by atoms with E-state index >= 15 is 0 Å². The lowest BCUT2D eigenvalue weighted by Gasteiger charge is -2.31. The summed E-state index contributed by atoms with van der Waals surface area (Å²) in [6.45, 7) is 3.06. The molecule has 1 aliphatic heterocycles. The molecule has 0 aliphatic carbocycles. The average molecular weight is 277 g/mol. The molecule has 1 heterocycles. The van der Waals surface area contributed by atoms with Gasteiger partial charge in [-0.05, 0) is 37.5 Å². The van der Waals surface area contributed by atoms with Crippen molar-refractivity contribution in [1.82, 2.24) is 0 Å². The molecule has 1 atom stereocenters. The molecule has 0 saturated carbocycles. The van der Waals surface area contributed by atoms with E-state index in [-0.39, 0.29) is 12.3 Å². The lowest BCUT2D eigenvalue weighted by molar-refractivity contribution is -0.136. The van der Waals surface area contributed by atoms with Gasteiger partial charge in [0.25, 0.3) is 0 Å². The van der Waals surface area contributed by atoms with Gasteiger partial charge in [0.1, 0.15) is 0 Å². The first kappa shape index (κ1) is 14.5. The zero-order valence-corrected chi connectivity index (χ0v) is 11.5. The minimum Gasteiger partial charge on any atom is -0.481 e. The van der Waals surface area contributed by atoms with Gasteiger partial charge in [-0.3, -0.25) is 9.59 Å². The molecule has 1 amide bonds. The molecule has 1 unspecified atom stereocenters. The van der Waals surface area contributed by atoms with Crippen molar-refractivity contribution in [2.45, 2.75) is 26.2 Å². The smallest absolute Gasteiger partial charge is 0.307 e. The average Bonchev–Trinajstić information content (AvgIpc) is 2.41. The summed E-state index contributed by atoms with van der Waals surface area (Å²) in [6.07, 6.45) is 1.69. The number of benzene rings is 1. The van der Waals surface area contributed by atoms with E-state index in [0.29, 0.717) is 24.5 Å². The van der Waals surface area contributed by atoms with Gasteiger partial charge in [0.15, 0.2) is 0 Å². The number of amides is 1. The van der Waals surface area contributed by atoms with Crippen LogP contribution in [0.15, 0.2) is 24.3 Å². The number of nitrogens with one attached hydrogen (secondary N) is 1. The van der Waals surface area contributed by atoms with E-state index in [1.807, 2.05) is 6.92 Å². The molecule has 0 bridgehead atoms. The molecular formula is C15H19NO4. The van der Waals surface area contributed by atoms with Crippen molar-refractivity contribution in [2.75, 3.05) is 18.5 Å². The number of hydrogen-bond acceptors (Lipinski definition) is 3. The van der Waals surface area contributed by atoms with Crippen LogP contribution in [0.4, 0.5) is 5.69 Å². The predicted molar refractivity (Wildman–Crippen MR) is 74.6 cm³/mol. The Morgan fingerprint density at radius 3 is 2.60 bits per heavy atom. The van der Waals surface area contributed by atoms with Crippen LogP contribution in [0.3, 0.4) is 0 Å². The Morgan fingerprint density at radius 1 is 1.35 bits per heavy atom. The van der Waals surface area contributed by atoms with Gasteiger partial charge in [-0.1, -0.05) is 12.1 Å². The molecule has 1 aromatic rings. The minimum atomic E-state index is -0.867. The van der Waals surface area contributed by atoms with E-state index in [1.54, 1.807) is 24.3 Å². The Balaban J connectivity index is 1.98. The highest BCUT2D eigenvalue weighted by molar-refractivity contribution is 5.95. The maximum atomic E-state index is 12.3. The van der Waals surface area contributed by atoms with E-state index in [1.165, 1.54) is 0 Å². The number of carbonyl (C=O) groups excluding carboxylic acids is 1. The number of rotatable bonds is 4. The van der Waals surface area contributed by atoms with Crippen LogP contribution in [0, 0.1) is 5.41 Å². The molecule has 20 heavy (non-hydrogen) atoms. The Bertz CT molecular complexity index is 489. The van der Waals surface area contributed by atoms with Gasteiger partial charge < -0.3 is 15.2 Å². The summed E-state index contributed by atoms with van der Waals surface area (Å²) in [7, 11) is 0. The third-order valence-electron chi connectivity index (χ3n) is 3.55. The van der Waals surface area contributed by atoms with Crippen LogP contribution >= 0.6 is 0 Å². The largest absolute Gasteiger partial charge is 0.481 e.